The van der Waals surface area contributed by atoms with Gasteiger partial charge in [0.25, 0.3) is 0 Å². The molecule has 1 aliphatic rings. The molecule has 0 saturated carbocycles. The number of carboxylic acid groups (broad SMARTS) is 1. The smallest absolute Gasteiger partial charge is 0.327 e. The number of nitrogens with zero attached hydrogens (tertiary/aromatic N) is 6. The largest absolute Gasteiger partial charge is 0.480 e. The van der Waals surface area contributed by atoms with Crippen molar-refractivity contribution < 1.29 is 9.90 Å². The first kappa shape index (κ1) is 22.6. The summed E-state index contributed by atoms with van der Waals surface area (Å²) >= 11 is 12.7. The van der Waals surface area contributed by atoms with Crippen molar-refractivity contribution in [3.05, 3.63) is 64.4 Å². The molecule has 3 heterocycles. The van der Waals surface area contributed by atoms with Crippen molar-refractivity contribution >= 4 is 40.8 Å². The summed E-state index contributed by atoms with van der Waals surface area (Å²) in [7, 11) is 3.54. The monoisotopic (exact) mass is 496 g/mol. The van der Waals surface area contributed by atoms with Crippen LogP contribution in [0.15, 0.2) is 48.5 Å². The molecule has 1 fully saturated rings. The van der Waals surface area contributed by atoms with Gasteiger partial charge in [-0.2, -0.15) is 14.6 Å². The molecule has 2 aromatic heterocycles. The molecule has 0 unspecified atom stereocenters. The standard InChI is InChI=1S/C24H22Cl2N6O2/c1-14-27-21-19(15-8-10-16(25)11-9-15)20(17-6-4-5-7-18(17)26)29-32(21)23(28-14)31-12-24(13-31,22(33)34)30(2)3/h4-11H,12-13H2,1-3H3,(H,33,34). The summed E-state index contributed by atoms with van der Waals surface area (Å²) in [5, 5.41) is 15.9. The number of anilines is 1. The minimum absolute atomic E-state index is 0.276. The lowest BCUT2D eigenvalue weighted by Crippen LogP contribution is -2.73. The molecule has 1 N–H and O–H groups in total. The molecule has 8 nitrogen and oxygen atoms in total. The second-order valence-electron chi connectivity index (χ2n) is 8.60. The quantitative estimate of drug-likeness (QED) is 0.441. The van der Waals surface area contributed by atoms with Crippen molar-refractivity contribution in [3.8, 4) is 22.4 Å². The Morgan fingerprint density at radius 2 is 1.74 bits per heavy atom. The van der Waals surface area contributed by atoms with E-state index >= 15 is 0 Å². The Labute approximate surface area is 206 Å². The lowest BCUT2D eigenvalue weighted by molar-refractivity contribution is -0.151. The van der Waals surface area contributed by atoms with Crippen molar-refractivity contribution in [2.24, 2.45) is 0 Å². The number of hydrogen-bond donors (Lipinski definition) is 1. The van der Waals surface area contributed by atoms with Gasteiger partial charge in [0.15, 0.2) is 11.2 Å². The first-order valence-corrected chi connectivity index (χ1v) is 11.4. The van der Waals surface area contributed by atoms with Crippen LogP contribution in [0.2, 0.25) is 10.0 Å². The number of aliphatic carboxylic acids is 1. The number of rotatable bonds is 5. The highest BCUT2D eigenvalue weighted by Crippen LogP contribution is 2.40. The zero-order valence-electron chi connectivity index (χ0n) is 18.8. The van der Waals surface area contributed by atoms with E-state index in [2.05, 4.69) is 4.98 Å². The van der Waals surface area contributed by atoms with Gasteiger partial charge in [0, 0.05) is 10.6 Å². The molecular formula is C24H22Cl2N6O2. The average molecular weight is 497 g/mol. The van der Waals surface area contributed by atoms with Gasteiger partial charge in [-0.15, -0.1) is 0 Å². The van der Waals surface area contributed by atoms with Crippen LogP contribution >= 0.6 is 23.2 Å². The molecule has 1 saturated heterocycles. The normalized spacial score (nSPS) is 15.1. The first-order chi connectivity index (χ1) is 16.2. The molecule has 5 rings (SSSR count). The van der Waals surface area contributed by atoms with Crippen LogP contribution < -0.4 is 4.90 Å². The van der Waals surface area contributed by atoms with Crippen LogP contribution in [0.4, 0.5) is 5.95 Å². The van der Waals surface area contributed by atoms with E-state index in [1.165, 1.54) is 0 Å². The number of aryl methyl sites for hydroxylation is 1. The molecule has 174 valence electrons. The SMILES string of the molecule is Cc1nc(N2CC(C(=O)O)(N(C)C)C2)n2nc(-c3ccccc3Cl)c(-c3ccc(Cl)cc3)c2n1. The van der Waals surface area contributed by atoms with Gasteiger partial charge in [0.05, 0.1) is 23.7 Å². The van der Waals surface area contributed by atoms with Crippen molar-refractivity contribution in [2.45, 2.75) is 12.5 Å². The second kappa shape index (κ2) is 8.23. The van der Waals surface area contributed by atoms with Gasteiger partial charge in [-0.25, -0.2) is 4.98 Å². The zero-order valence-corrected chi connectivity index (χ0v) is 20.3. The predicted octanol–water partition coefficient (Wildman–Crippen LogP) is 4.28. The second-order valence-corrected chi connectivity index (χ2v) is 9.45. The van der Waals surface area contributed by atoms with Gasteiger partial charge in [-0.05, 0) is 44.8 Å². The van der Waals surface area contributed by atoms with Crippen LogP contribution in [-0.4, -0.2) is 68.3 Å². The summed E-state index contributed by atoms with van der Waals surface area (Å²) < 4.78 is 1.68. The third-order valence-corrected chi connectivity index (χ3v) is 6.87. The van der Waals surface area contributed by atoms with Crippen LogP contribution in [0.5, 0.6) is 0 Å². The predicted molar refractivity (Wildman–Crippen MR) is 133 cm³/mol. The number of hydrogen-bond acceptors (Lipinski definition) is 6. The topological polar surface area (TPSA) is 86.9 Å². The molecule has 4 aromatic rings. The molecule has 0 radical (unpaired) electrons. The summed E-state index contributed by atoms with van der Waals surface area (Å²) in [5.41, 5.74) is 2.73. The maximum atomic E-state index is 12.0. The molecule has 0 aliphatic carbocycles. The van der Waals surface area contributed by atoms with Gasteiger partial charge in [0.2, 0.25) is 5.95 Å². The highest BCUT2D eigenvalue weighted by Gasteiger charge is 2.53. The van der Waals surface area contributed by atoms with Crippen LogP contribution in [-0.2, 0) is 4.79 Å². The summed E-state index contributed by atoms with van der Waals surface area (Å²) in [6, 6.07) is 15.0. The van der Waals surface area contributed by atoms with Gasteiger partial charge in [-0.1, -0.05) is 53.5 Å². The Bertz CT molecular complexity index is 1410. The van der Waals surface area contributed by atoms with E-state index < -0.39 is 11.5 Å². The lowest BCUT2D eigenvalue weighted by Gasteiger charge is -2.50. The minimum Gasteiger partial charge on any atom is -0.480 e. The Kier molecular flexibility index (Phi) is 5.47. The number of fused-ring (bicyclic) bond motifs is 1. The fraction of sp³-hybridized carbons (Fsp3) is 0.250. The number of carboxylic acids is 1. The van der Waals surface area contributed by atoms with Crippen molar-refractivity contribution in [2.75, 3.05) is 32.1 Å². The first-order valence-electron chi connectivity index (χ1n) is 10.7. The van der Waals surface area contributed by atoms with Crippen LogP contribution in [0.3, 0.4) is 0 Å². The number of carbonyl (C=O) groups is 1. The Morgan fingerprint density at radius 1 is 1.06 bits per heavy atom. The number of likely N-dealkylation sites (N-methyl/N-ethyl adjacent to an activating group) is 1. The van der Waals surface area contributed by atoms with Gasteiger partial charge in [-0.3, -0.25) is 9.69 Å². The zero-order chi connectivity index (χ0) is 24.2. The Morgan fingerprint density at radius 3 is 2.35 bits per heavy atom. The Hall–Kier alpha value is -3.20. The van der Waals surface area contributed by atoms with Gasteiger partial charge in [0.1, 0.15) is 11.5 Å². The highest BCUT2D eigenvalue weighted by molar-refractivity contribution is 6.33. The molecule has 10 heteroatoms. The number of benzene rings is 2. The maximum absolute atomic E-state index is 12.0. The van der Waals surface area contributed by atoms with E-state index in [0.717, 1.165) is 16.7 Å². The van der Waals surface area contributed by atoms with E-state index in [9.17, 15) is 9.90 Å². The van der Waals surface area contributed by atoms with Gasteiger partial charge >= 0.3 is 5.97 Å². The molecule has 34 heavy (non-hydrogen) atoms. The molecule has 0 amide bonds. The number of aromatic nitrogens is 4. The fourth-order valence-electron chi connectivity index (χ4n) is 4.29. The van der Waals surface area contributed by atoms with Gasteiger partial charge < -0.3 is 10.0 Å². The van der Waals surface area contributed by atoms with Crippen LogP contribution in [0.25, 0.3) is 28.0 Å². The van der Waals surface area contributed by atoms with Crippen molar-refractivity contribution in [3.63, 3.8) is 0 Å². The average Bonchev–Trinajstić information content (AvgIpc) is 3.12. The fourth-order valence-corrected chi connectivity index (χ4v) is 4.64. The summed E-state index contributed by atoms with van der Waals surface area (Å²) in [6.07, 6.45) is 0. The highest BCUT2D eigenvalue weighted by atomic mass is 35.5. The lowest BCUT2D eigenvalue weighted by atomic mass is 9.89. The van der Waals surface area contributed by atoms with E-state index in [4.69, 9.17) is 33.3 Å². The van der Waals surface area contributed by atoms with Crippen molar-refractivity contribution in [1.82, 2.24) is 24.5 Å². The molecular weight excluding hydrogens is 475 g/mol. The van der Waals surface area contributed by atoms with Crippen LogP contribution in [0, 0.1) is 6.92 Å². The maximum Gasteiger partial charge on any atom is 0.327 e. The Balaban J connectivity index is 1.73. The minimum atomic E-state index is -0.983. The summed E-state index contributed by atoms with van der Waals surface area (Å²) in [6.45, 7) is 2.37. The third-order valence-electron chi connectivity index (χ3n) is 6.28. The molecule has 0 bridgehead atoms. The molecule has 0 spiro atoms. The molecule has 2 aromatic carbocycles. The third kappa shape index (κ3) is 3.50. The molecule has 0 atom stereocenters. The van der Waals surface area contributed by atoms with E-state index in [1.54, 1.807) is 23.5 Å². The van der Waals surface area contributed by atoms with E-state index in [0.29, 0.717) is 33.2 Å². The summed E-state index contributed by atoms with van der Waals surface area (Å²) in [4.78, 5) is 25.0. The van der Waals surface area contributed by atoms with Crippen LogP contribution in [0.1, 0.15) is 5.82 Å². The van der Waals surface area contributed by atoms with E-state index in [-0.39, 0.29) is 13.1 Å². The van der Waals surface area contributed by atoms with E-state index in [1.807, 2.05) is 60.4 Å². The molecule has 1 aliphatic heterocycles. The number of halogens is 2. The van der Waals surface area contributed by atoms with Crippen molar-refractivity contribution in [1.29, 1.82) is 0 Å². The summed E-state index contributed by atoms with van der Waals surface area (Å²) in [5.74, 6) is 0.227.